The minimum Gasteiger partial charge on any atom is -0.481 e. The SMILES string of the molecule is CC/C=C\CC(O)/C=C/C=C\C/C=C\C/C=C\C/C=C\CC(C)(C)C(=O)O. The highest BCUT2D eigenvalue weighted by Crippen LogP contribution is 2.20. The van der Waals surface area contributed by atoms with Crippen molar-refractivity contribution in [3.8, 4) is 0 Å². The zero-order valence-electron chi connectivity index (χ0n) is 17.1. The largest absolute Gasteiger partial charge is 0.481 e. The second-order valence-electron chi connectivity index (χ2n) is 7.01. The number of hydrogen-bond acceptors (Lipinski definition) is 2. The molecule has 3 heteroatoms. The maximum absolute atomic E-state index is 11.0. The Labute approximate surface area is 165 Å². The van der Waals surface area contributed by atoms with Crippen molar-refractivity contribution < 1.29 is 15.0 Å². The molecule has 0 amide bonds. The van der Waals surface area contributed by atoms with Gasteiger partial charge in [-0.3, -0.25) is 4.79 Å². The van der Waals surface area contributed by atoms with Crippen molar-refractivity contribution >= 4 is 5.97 Å². The lowest BCUT2D eigenvalue weighted by Crippen LogP contribution is -2.22. The summed E-state index contributed by atoms with van der Waals surface area (Å²) >= 11 is 0. The molecule has 1 atom stereocenters. The van der Waals surface area contributed by atoms with Crippen molar-refractivity contribution in [2.45, 2.75) is 65.4 Å². The Hall–Kier alpha value is -2.13. The first-order valence-corrected chi connectivity index (χ1v) is 9.75. The van der Waals surface area contributed by atoms with E-state index in [2.05, 4.69) is 43.4 Å². The second-order valence-corrected chi connectivity index (χ2v) is 7.01. The highest BCUT2D eigenvalue weighted by Gasteiger charge is 2.24. The van der Waals surface area contributed by atoms with Gasteiger partial charge in [0.05, 0.1) is 11.5 Å². The van der Waals surface area contributed by atoms with Gasteiger partial charge in [0.15, 0.2) is 0 Å². The van der Waals surface area contributed by atoms with Crippen molar-refractivity contribution in [1.82, 2.24) is 0 Å². The van der Waals surface area contributed by atoms with Crippen molar-refractivity contribution in [3.63, 3.8) is 0 Å². The number of aliphatic hydroxyl groups excluding tert-OH is 1. The van der Waals surface area contributed by atoms with Crippen molar-refractivity contribution in [2.24, 2.45) is 5.41 Å². The molecule has 3 nitrogen and oxygen atoms in total. The molecule has 0 radical (unpaired) electrons. The number of carboxylic acids is 1. The average Bonchev–Trinajstić information content (AvgIpc) is 2.62. The van der Waals surface area contributed by atoms with E-state index in [0.717, 1.165) is 25.7 Å². The highest BCUT2D eigenvalue weighted by atomic mass is 16.4. The van der Waals surface area contributed by atoms with E-state index in [1.54, 1.807) is 19.9 Å². The van der Waals surface area contributed by atoms with E-state index >= 15 is 0 Å². The highest BCUT2D eigenvalue weighted by molar-refractivity contribution is 5.73. The Morgan fingerprint density at radius 2 is 1.41 bits per heavy atom. The maximum Gasteiger partial charge on any atom is 0.309 e. The summed E-state index contributed by atoms with van der Waals surface area (Å²) in [6, 6.07) is 0. The zero-order valence-corrected chi connectivity index (χ0v) is 17.1. The molecule has 0 aromatic heterocycles. The van der Waals surface area contributed by atoms with E-state index in [1.807, 2.05) is 30.4 Å². The van der Waals surface area contributed by atoms with E-state index in [1.165, 1.54) is 0 Å². The summed E-state index contributed by atoms with van der Waals surface area (Å²) < 4.78 is 0. The summed E-state index contributed by atoms with van der Waals surface area (Å²) in [5.74, 6) is -0.766. The summed E-state index contributed by atoms with van der Waals surface area (Å²) in [6.45, 7) is 5.54. The molecule has 0 fully saturated rings. The Kier molecular flexibility index (Phi) is 14.8. The molecule has 27 heavy (non-hydrogen) atoms. The third kappa shape index (κ3) is 15.8. The van der Waals surface area contributed by atoms with E-state index < -0.39 is 17.5 Å². The van der Waals surface area contributed by atoms with Crippen LogP contribution in [0, 0.1) is 5.41 Å². The lowest BCUT2D eigenvalue weighted by atomic mass is 9.89. The van der Waals surface area contributed by atoms with Gasteiger partial charge in [-0.15, -0.1) is 0 Å². The third-order valence-corrected chi connectivity index (χ3v) is 3.88. The molecule has 0 rings (SSSR count). The van der Waals surface area contributed by atoms with Gasteiger partial charge in [0.25, 0.3) is 0 Å². The first-order chi connectivity index (χ1) is 12.9. The zero-order chi connectivity index (χ0) is 20.4. The van der Waals surface area contributed by atoms with Crippen molar-refractivity contribution in [2.75, 3.05) is 0 Å². The van der Waals surface area contributed by atoms with Crippen molar-refractivity contribution in [3.05, 3.63) is 72.9 Å². The van der Waals surface area contributed by atoms with Gasteiger partial charge in [0.1, 0.15) is 0 Å². The van der Waals surface area contributed by atoms with Gasteiger partial charge in [-0.1, -0.05) is 79.8 Å². The van der Waals surface area contributed by atoms with Crippen LogP contribution in [0.25, 0.3) is 0 Å². The minimum atomic E-state index is -0.766. The van der Waals surface area contributed by atoms with Gasteiger partial charge in [0, 0.05) is 0 Å². The predicted octanol–water partition coefficient (Wildman–Crippen LogP) is 6.16. The van der Waals surface area contributed by atoms with E-state index in [9.17, 15) is 9.90 Å². The molecule has 0 spiro atoms. The van der Waals surface area contributed by atoms with Gasteiger partial charge in [-0.25, -0.2) is 0 Å². The lowest BCUT2D eigenvalue weighted by molar-refractivity contribution is -0.146. The van der Waals surface area contributed by atoms with Crippen molar-refractivity contribution in [1.29, 1.82) is 0 Å². The molecule has 0 saturated carbocycles. The monoisotopic (exact) mass is 372 g/mol. The fourth-order valence-electron chi connectivity index (χ4n) is 2.01. The number of aliphatic carboxylic acids is 1. The molecule has 1 unspecified atom stereocenters. The summed E-state index contributed by atoms with van der Waals surface area (Å²) in [4.78, 5) is 11.0. The molecule has 0 bridgehead atoms. The molecule has 0 aliphatic carbocycles. The van der Waals surface area contributed by atoms with Gasteiger partial charge < -0.3 is 10.2 Å². The molecule has 2 N–H and O–H groups in total. The van der Waals surface area contributed by atoms with E-state index in [4.69, 9.17) is 5.11 Å². The molecule has 0 saturated heterocycles. The normalized spacial score (nSPS) is 14.8. The molecule has 0 heterocycles. The van der Waals surface area contributed by atoms with Crippen LogP contribution in [-0.2, 0) is 4.79 Å². The summed E-state index contributed by atoms with van der Waals surface area (Å²) in [5, 5.41) is 18.7. The number of carboxylic acid groups (broad SMARTS) is 1. The second kappa shape index (κ2) is 16.1. The Bertz CT molecular complexity index is 560. The first kappa shape index (κ1) is 24.9. The summed E-state index contributed by atoms with van der Waals surface area (Å²) in [6.07, 6.45) is 28.5. The Morgan fingerprint density at radius 1 is 0.852 bits per heavy atom. The number of hydrogen-bond donors (Lipinski definition) is 2. The number of aliphatic hydroxyl groups is 1. The predicted molar refractivity (Wildman–Crippen MR) is 116 cm³/mol. The molecule has 150 valence electrons. The molecular weight excluding hydrogens is 336 g/mol. The van der Waals surface area contributed by atoms with Gasteiger partial charge in [-0.05, 0) is 52.4 Å². The Morgan fingerprint density at radius 3 is 1.96 bits per heavy atom. The molecule has 0 aromatic rings. The van der Waals surface area contributed by atoms with E-state index in [0.29, 0.717) is 12.8 Å². The van der Waals surface area contributed by atoms with Crippen LogP contribution in [0.1, 0.15) is 59.3 Å². The van der Waals surface area contributed by atoms with Crippen LogP contribution in [-0.4, -0.2) is 22.3 Å². The van der Waals surface area contributed by atoms with Crippen LogP contribution in [0.5, 0.6) is 0 Å². The van der Waals surface area contributed by atoms with Crippen LogP contribution in [0.3, 0.4) is 0 Å². The first-order valence-electron chi connectivity index (χ1n) is 9.75. The molecule has 0 aliphatic heterocycles. The molecule has 0 aromatic carbocycles. The van der Waals surface area contributed by atoms with Crippen LogP contribution in [0.15, 0.2) is 72.9 Å². The summed E-state index contributed by atoms with van der Waals surface area (Å²) in [5.41, 5.74) is -0.699. The lowest BCUT2D eigenvalue weighted by Gasteiger charge is -2.15. The molecule has 0 aliphatic rings. The smallest absolute Gasteiger partial charge is 0.309 e. The maximum atomic E-state index is 11.0. The van der Waals surface area contributed by atoms with Crippen LogP contribution in [0.4, 0.5) is 0 Å². The number of carbonyl (C=O) groups is 1. The van der Waals surface area contributed by atoms with Crippen LogP contribution < -0.4 is 0 Å². The van der Waals surface area contributed by atoms with Gasteiger partial charge >= 0.3 is 5.97 Å². The minimum absolute atomic E-state index is 0.414. The number of rotatable bonds is 14. The molecular formula is C24H36O3. The fraction of sp³-hybridized carbons (Fsp3) is 0.458. The number of allylic oxidation sites excluding steroid dienone is 10. The fourth-order valence-corrected chi connectivity index (χ4v) is 2.01. The van der Waals surface area contributed by atoms with Crippen LogP contribution in [0.2, 0.25) is 0 Å². The van der Waals surface area contributed by atoms with Crippen LogP contribution >= 0.6 is 0 Å². The quantitative estimate of drug-likeness (QED) is 0.284. The van der Waals surface area contributed by atoms with Gasteiger partial charge in [0.2, 0.25) is 0 Å². The van der Waals surface area contributed by atoms with Gasteiger partial charge in [-0.2, -0.15) is 0 Å². The third-order valence-electron chi connectivity index (χ3n) is 3.88. The van der Waals surface area contributed by atoms with E-state index in [-0.39, 0.29) is 0 Å². The topological polar surface area (TPSA) is 57.5 Å². The summed E-state index contributed by atoms with van der Waals surface area (Å²) in [7, 11) is 0. The average molecular weight is 373 g/mol. The Balaban J connectivity index is 3.81. The standard InChI is InChI=1S/C24H36O3/c1-4-5-16-19-22(25)20-17-14-12-10-8-6-7-9-11-13-15-18-21-24(2,3)23(26)27/h5-6,8-9,11-12,14-18,20,22,25H,4,7,10,13,19,21H2,1-3H3,(H,26,27)/b8-6-,11-9-,14-12-,16-5-,18-15-,20-17+.